The molecule has 31 heavy (non-hydrogen) atoms. The van der Waals surface area contributed by atoms with Crippen molar-refractivity contribution in [1.82, 2.24) is 14.9 Å². The van der Waals surface area contributed by atoms with E-state index >= 15 is 0 Å². The molecule has 0 radical (unpaired) electrons. The Morgan fingerprint density at radius 2 is 1.74 bits per heavy atom. The number of benzene rings is 2. The summed E-state index contributed by atoms with van der Waals surface area (Å²) in [6.45, 7) is 0.453. The van der Waals surface area contributed by atoms with E-state index in [2.05, 4.69) is 10.4 Å². The number of pyridine rings is 1. The Labute approximate surface area is 185 Å². The largest absolute Gasteiger partial charge is 0.348 e. The summed E-state index contributed by atoms with van der Waals surface area (Å²) in [6, 6.07) is 21.0. The maximum atomic E-state index is 12.7. The Morgan fingerprint density at radius 1 is 0.935 bits per heavy atom. The number of carbonyl (C=O) groups is 2. The molecule has 0 aliphatic carbocycles. The first-order valence-electron chi connectivity index (χ1n) is 10.1. The van der Waals surface area contributed by atoms with Gasteiger partial charge in [0.2, 0.25) is 0 Å². The fourth-order valence-corrected chi connectivity index (χ4v) is 3.69. The van der Waals surface area contributed by atoms with Gasteiger partial charge in [-0.3, -0.25) is 9.59 Å². The minimum absolute atomic E-state index is 0.150. The van der Waals surface area contributed by atoms with Crippen LogP contribution in [-0.4, -0.2) is 21.3 Å². The molecule has 1 amide bonds. The summed E-state index contributed by atoms with van der Waals surface area (Å²) in [5.74, 6) is -0.0236. The third kappa shape index (κ3) is 5.38. The number of aryl methyl sites for hydroxylation is 1. The Hall–Kier alpha value is -3.44. The number of rotatable bonds is 8. The number of Topliss-reactive ketones (excluding diaryl/α,β-unsaturated/α-hetero) is 1. The summed E-state index contributed by atoms with van der Waals surface area (Å²) in [4.78, 5) is 25.1. The summed E-state index contributed by atoms with van der Waals surface area (Å²) >= 11 is 5.99. The van der Waals surface area contributed by atoms with Crippen LogP contribution < -0.4 is 5.32 Å². The molecule has 0 saturated carbocycles. The molecule has 4 rings (SSSR count). The molecule has 2 heterocycles. The van der Waals surface area contributed by atoms with Crippen LogP contribution in [0.5, 0.6) is 0 Å². The molecule has 2 aromatic carbocycles. The maximum absolute atomic E-state index is 12.7. The molecule has 0 spiro atoms. The number of hydrogen-bond donors (Lipinski definition) is 1. The second-order valence-electron chi connectivity index (χ2n) is 7.44. The predicted molar refractivity (Wildman–Crippen MR) is 121 cm³/mol. The van der Waals surface area contributed by atoms with Gasteiger partial charge in [-0.25, -0.2) is 4.52 Å². The third-order valence-electron chi connectivity index (χ3n) is 5.11. The SMILES string of the molecule is O=C(CCc1ccn2ncc(C(=O)NCc3ccccc3)c2c1)Cc1cccc(Cl)c1. The molecule has 0 unspecified atom stereocenters. The van der Waals surface area contributed by atoms with E-state index in [0.717, 1.165) is 22.2 Å². The molecule has 0 fully saturated rings. The van der Waals surface area contributed by atoms with Crippen LogP contribution >= 0.6 is 11.6 Å². The van der Waals surface area contributed by atoms with Gasteiger partial charge in [0.05, 0.1) is 17.3 Å². The van der Waals surface area contributed by atoms with Crippen LogP contribution in [0.25, 0.3) is 5.52 Å². The molecular formula is C25H22ClN3O2. The predicted octanol–water partition coefficient (Wildman–Crippen LogP) is 4.66. The average molecular weight is 432 g/mol. The van der Waals surface area contributed by atoms with Crippen LogP contribution in [0.4, 0.5) is 0 Å². The third-order valence-corrected chi connectivity index (χ3v) is 5.34. The molecule has 156 valence electrons. The lowest BCUT2D eigenvalue weighted by Gasteiger charge is -2.06. The van der Waals surface area contributed by atoms with Crippen molar-refractivity contribution in [2.75, 3.05) is 0 Å². The van der Waals surface area contributed by atoms with Gasteiger partial charge in [0.15, 0.2) is 0 Å². The van der Waals surface area contributed by atoms with Crippen molar-refractivity contribution < 1.29 is 9.59 Å². The zero-order valence-electron chi connectivity index (χ0n) is 16.9. The summed E-state index contributed by atoms with van der Waals surface area (Å²) in [5, 5.41) is 7.84. The molecule has 1 N–H and O–H groups in total. The monoisotopic (exact) mass is 431 g/mol. The summed E-state index contributed by atoms with van der Waals surface area (Å²) < 4.78 is 1.68. The second-order valence-corrected chi connectivity index (χ2v) is 7.87. The molecule has 5 nitrogen and oxygen atoms in total. The summed E-state index contributed by atoms with van der Waals surface area (Å²) in [5.41, 5.74) is 4.19. The van der Waals surface area contributed by atoms with E-state index in [1.165, 1.54) is 0 Å². The number of hydrogen-bond acceptors (Lipinski definition) is 3. The standard InChI is InChI=1S/C25H22ClN3O2/c26-21-8-4-7-20(13-21)14-22(30)10-9-18-11-12-29-24(15-18)23(17-28-29)25(31)27-16-19-5-2-1-3-6-19/h1-8,11-13,15,17H,9-10,14,16H2,(H,27,31). The quantitative estimate of drug-likeness (QED) is 0.441. The van der Waals surface area contributed by atoms with Gasteiger partial charge < -0.3 is 5.32 Å². The fourth-order valence-electron chi connectivity index (χ4n) is 3.48. The minimum Gasteiger partial charge on any atom is -0.348 e. The highest BCUT2D eigenvalue weighted by molar-refractivity contribution is 6.30. The zero-order chi connectivity index (χ0) is 21.6. The van der Waals surface area contributed by atoms with Crippen LogP contribution in [0, 0.1) is 0 Å². The summed E-state index contributed by atoms with van der Waals surface area (Å²) in [7, 11) is 0. The molecule has 0 aliphatic heterocycles. The van der Waals surface area contributed by atoms with Crippen molar-refractivity contribution in [2.45, 2.75) is 25.8 Å². The first kappa shape index (κ1) is 20.8. The first-order chi connectivity index (χ1) is 15.1. The highest BCUT2D eigenvalue weighted by atomic mass is 35.5. The number of aromatic nitrogens is 2. The van der Waals surface area contributed by atoms with Gasteiger partial charge in [-0.15, -0.1) is 0 Å². The fraction of sp³-hybridized carbons (Fsp3) is 0.160. The molecule has 6 heteroatoms. The van der Waals surface area contributed by atoms with Crippen molar-refractivity contribution in [1.29, 1.82) is 0 Å². The smallest absolute Gasteiger partial charge is 0.255 e. The van der Waals surface area contributed by atoms with E-state index in [-0.39, 0.29) is 11.7 Å². The maximum Gasteiger partial charge on any atom is 0.255 e. The van der Waals surface area contributed by atoms with E-state index in [1.54, 1.807) is 16.8 Å². The molecule has 0 bridgehead atoms. The lowest BCUT2D eigenvalue weighted by Crippen LogP contribution is -2.22. The van der Waals surface area contributed by atoms with Crippen molar-refractivity contribution in [3.63, 3.8) is 0 Å². The van der Waals surface area contributed by atoms with Crippen LogP contribution in [0.3, 0.4) is 0 Å². The average Bonchev–Trinajstić information content (AvgIpc) is 3.20. The van der Waals surface area contributed by atoms with E-state index in [9.17, 15) is 9.59 Å². The van der Waals surface area contributed by atoms with Crippen molar-refractivity contribution >= 4 is 28.8 Å². The van der Waals surface area contributed by atoms with Crippen LogP contribution in [-0.2, 0) is 24.2 Å². The highest BCUT2D eigenvalue weighted by Gasteiger charge is 2.13. The lowest BCUT2D eigenvalue weighted by molar-refractivity contribution is -0.118. The topological polar surface area (TPSA) is 63.5 Å². The number of carbonyl (C=O) groups excluding carboxylic acids is 2. The molecule has 0 atom stereocenters. The van der Waals surface area contributed by atoms with Gasteiger partial charge >= 0.3 is 0 Å². The van der Waals surface area contributed by atoms with Gasteiger partial charge in [-0.05, 0) is 47.4 Å². The normalized spacial score (nSPS) is 10.9. The molecule has 0 saturated heterocycles. The van der Waals surface area contributed by atoms with Gasteiger partial charge in [-0.2, -0.15) is 5.10 Å². The second kappa shape index (κ2) is 9.58. The van der Waals surface area contributed by atoms with E-state index in [4.69, 9.17) is 11.6 Å². The van der Waals surface area contributed by atoms with E-state index in [1.807, 2.05) is 66.9 Å². The van der Waals surface area contributed by atoms with Crippen LogP contribution in [0.2, 0.25) is 5.02 Å². The lowest BCUT2D eigenvalue weighted by atomic mass is 10.0. The number of nitrogens with zero attached hydrogens (tertiary/aromatic N) is 2. The van der Waals surface area contributed by atoms with E-state index < -0.39 is 0 Å². The highest BCUT2D eigenvalue weighted by Crippen LogP contribution is 2.16. The van der Waals surface area contributed by atoms with Crippen LogP contribution in [0.1, 0.15) is 33.5 Å². The molecule has 4 aromatic rings. The van der Waals surface area contributed by atoms with Gasteiger partial charge in [0.1, 0.15) is 5.78 Å². The minimum atomic E-state index is -0.173. The molecule has 2 aromatic heterocycles. The van der Waals surface area contributed by atoms with Crippen LogP contribution in [0.15, 0.2) is 79.1 Å². The van der Waals surface area contributed by atoms with Crippen molar-refractivity contribution in [2.24, 2.45) is 0 Å². The molecule has 0 aliphatic rings. The first-order valence-corrected chi connectivity index (χ1v) is 10.5. The number of fused-ring (bicyclic) bond motifs is 1. The van der Waals surface area contributed by atoms with Gasteiger partial charge in [0.25, 0.3) is 5.91 Å². The number of ketones is 1. The van der Waals surface area contributed by atoms with Crippen molar-refractivity contribution in [3.8, 4) is 0 Å². The van der Waals surface area contributed by atoms with Gasteiger partial charge in [-0.1, -0.05) is 54.1 Å². The Kier molecular flexibility index (Phi) is 6.43. The van der Waals surface area contributed by atoms with Crippen molar-refractivity contribution in [3.05, 3.63) is 106 Å². The summed E-state index contributed by atoms with van der Waals surface area (Å²) in [6.07, 6.45) is 4.78. The number of amides is 1. The number of nitrogens with one attached hydrogen (secondary N) is 1. The van der Waals surface area contributed by atoms with Gasteiger partial charge in [0, 0.05) is 30.6 Å². The number of halogens is 1. The molecular weight excluding hydrogens is 410 g/mol. The Bertz CT molecular complexity index is 1220. The van der Waals surface area contributed by atoms with E-state index in [0.29, 0.717) is 36.4 Å². The Morgan fingerprint density at radius 3 is 2.55 bits per heavy atom. The Balaban J connectivity index is 1.40. The zero-order valence-corrected chi connectivity index (χ0v) is 17.7.